The molecule has 0 aliphatic carbocycles. The number of thiophene rings is 1. The summed E-state index contributed by atoms with van der Waals surface area (Å²) >= 11 is 1.73. The zero-order chi connectivity index (χ0) is 8.39. The Morgan fingerprint density at radius 3 is 3.08 bits per heavy atom. The molecule has 2 aromatic heterocycles. The summed E-state index contributed by atoms with van der Waals surface area (Å²) in [5.41, 5.74) is 0. The van der Waals surface area contributed by atoms with Gasteiger partial charge in [-0.3, -0.25) is 0 Å². The molecule has 0 fully saturated rings. The van der Waals surface area contributed by atoms with Gasteiger partial charge >= 0.3 is 0 Å². The van der Waals surface area contributed by atoms with E-state index in [1.807, 2.05) is 6.07 Å². The van der Waals surface area contributed by atoms with Crippen molar-refractivity contribution >= 4 is 11.3 Å². The van der Waals surface area contributed by atoms with Gasteiger partial charge in [0, 0.05) is 4.88 Å². The largest absolute Gasteiger partial charge is 0.448 e. The smallest absolute Gasteiger partial charge is 0.202 e. The highest BCUT2D eigenvalue weighted by molar-refractivity contribution is 7.10. The lowest BCUT2D eigenvalue weighted by Gasteiger charge is -2.02. The Morgan fingerprint density at radius 2 is 2.50 bits per heavy atom. The monoisotopic (exact) mass is 179 g/mol. The lowest BCUT2D eigenvalue weighted by molar-refractivity contribution is 0.482. The van der Waals surface area contributed by atoms with Crippen LogP contribution >= 0.6 is 11.3 Å². The lowest BCUT2D eigenvalue weighted by atomic mass is 10.1. The molecule has 0 amide bonds. The van der Waals surface area contributed by atoms with Crippen LogP contribution in [-0.4, -0.2) is 4.98 Å². The molecule has 2 rings (SSSR count). The Labute approximate surface area is 74.9 Å². The van der Waals surface area contributed by atoms with Crippen molar-refractivity contribution in [2.75, 3.05) is 0 Å². The van der Waals surface area contributed by atoms with E-state index in [9.17, 15) is 0 Å². The van der Waals surface area contributed by atoms with Gasteiger partial charge in [-0.05, 0) is 18.4 Å². The van der Waals surface area contributed by atoms with Crippen LogP contribution in [0.4, 0.5) is 0 Å². The quantitative estimate of drug-likeness (QED) is 0.708. The normalized spacial score (nSPS) is 13.1. The average Bonchev–Trinajstić information content (AvgIpc) is 2.77. The van der Waals surface area contributed by atoms with Crippen molar-refractivity contribution < 1.29 is 4.42 Å². The number of nitrogens with zero attached hydrogens (tertiary/aromatic N) is 1. The van der Waals surface area contributed by atoms with Gasteiger partial charge in [0.2, 0.25) is 5.89 Å². The Hall–Kier alpha value is -1.09. The molecule has 2 heterocycles. The Balaban J connectivity index is 2.27. The average molecular weight is 179 g/mol. The topological polar surface area (TPSA) is 26.0 Å². The number of aromatic nitrogens is 1. The van der Waals surface area contributed by atoms with Crippen molar-refractivity contribution in [2.45, 2.75) is 12.8 Å². The predicted molar refractivity (Wildman–Crippen MR) is 48.3 cm³/mol. The highest BCUT2D eigenvalue weighted by Gasteiger charge is 2.12. The molecule has 2 nitrogen and oxygen atoms in total. The molecule has 0 aliphatic heterocycles. The van der Waals surface area contributed by atoms with E-state index >= 15 is 0 Å². The molecule has 62 valence electrons. The van der Waals surface area contributed by atoms with Gasteiger partial charge in [0.25, 0.3) is 0 Å². The molecule has 12 heavy (non-hydrogen) atoms. The van der Waals surface area contributed by atoms with E-state index in [0.29, 0.717) is 0 Å². The standard InChI is InChI=1S/C9H9NOS/c1-7(8-3-2-6-12-8)9-10-4-5-11-9/h2-7H,1H3. The molecule has 0 saturated heterocycles. The highest BCUT2D eigenvalue weighted by Crippen LogP contribution is 2.25. The van der Waals surface area contributed by atoms with Gasteiger partial charge in [0.05, 0.1) is 12.1 Å². The number of hydrogen-bond donors (Lipinski definition) is 0. The first-order valence-corrected chi connectivity index (χ1v) is 4.68. The van der Waals surface area contributed by atoms with Gasteiger partial charge in [-0.25, -0.2) is 4.98 Å². The third-order valence-electron chi connectivity index (χ3n) is 1.79. The van der Waals surface area contributed by atoms with E-state index in [1.54, 1.807) is 23.8 Å². The van der Waals surface area contributed by atoms with Gasteiger partial charge < -0.3 is 4.42 Å². The molecule has 0 spiro atoms. The fraction of sp³-hybridized carbons (Fsp3) is 0.222. The SMILES string of the molecule is CC(c1ncco1)c1cccs1. The van der Waals surface area contributed by atoms with Gasteiger partial charge in [-0.2, -0.15) is 0 Å². The summed E-state index contributed by atoms with van der Waals surface area (Å²) < 4.78 is 5.21. The Morgan fingerprint density at radius 1 is 1.58 bits per heavy atom. The van der Waals surface area contributed by atoms with E-state index in [2.05, 4.69) is 23.4 Å². The van der Waals surface area contributed by atoms with E-state index in [1.165, 1.54) is 4.88 Å². The minimum atomic E-state index is 0.278. The zero-order valence-corrected chi connectivity index (χ0v) is 7.54. The number of oxazole rings is 1. The summed E-state index contributed by atoms with van der Waals surface area (Å²) in [5.74, 6) is 1.07. The van der Waals surface area contributed by atoms with Crippen molar-refractivity contribution in [1.82, 2.24) is 4.98 Å². The fourth-order valence-electron chi connectivity index (χ4n) is 1.11. The third-order valence-corrected chi connectivity index (χ3v) is 2.85. The van der Waals surface area contributed by atoms with Crippen LogP contribution in [0.3, 0.4) is 0 Å². The molecule has 1 unspecified atom stereocenters. The first-order chi connectivity index (χ1) is 5.88. The van der Waals surface area contributed by atoms with Crippen LogP contribution < -0.4 is 0 Å². The molecule has 0 aromatic carbocycles. The second kappa shape index (κ2) is 3.11. The van der Waals surface area contributed by atoms with E-state index in [4.69, 9.17) is 4.42 Å². The minimum Gasteiger partial charge on any atom is -0.448 e. The van der Waals surface area contributed by atoms with Crippen molar-refractivity contribution in [3.63, 3.8) is 0 Å². The van der Waals surface area contributed by atoms with Gasteiger partial charge in [0.15, 0.2) is 0 Å². The summed E-state index contributed by atoms with van der Waals surface area (Å²) in [6, 6.07) is 4.14. The summed E-state index contributed by atoms with van der Waals surface area (Å²) in [6.07, 6.45) is 3.29. The highest BCUT2D eigenvalue weighted by atomic mass is 32.1. The Kier molecular flexibility index (Phi) is 1.96. The molecule has 0 N–H and O–H groups in total. The summed E-state index contributed by atoms with van der Waals surface area (Å²) in [6.45, 7) is 2.09. The van der Waals surface area contributed by atoms with Crippen LogP contribution in [0.2, 0.25) is 0 Å². The summed E-state index contributed by atoms with van der Waals surface area (Å²) in [5, 5.41) is 2.06. The first-order valence-electron chi connectivity index (χ1n) is 3.80. The van der Waals surface area contributed by atoms with Gasteiger partial charge in [0.1, 0.15) is 6.26 Å². The van der Waals surface area contributed by atoms with Crippen LogP contribution in [-0.2, 0) is 0 Å². The minimum absolute atomic E-state index is 0.278. The van der Waals surface area contributed by atoms with Crippen molar-refractivity contribution in [2.24, 2.45) is 0 Å². The second-order valence-electron chi connectivity index (χ2n) is 2.61. The first kappa shape index (κ1) is 7.55. The molecule has 3 heteroatoms. The zero-order valence-electron chi connectivity index (χ0n) is 6.73. The summed E-state index contributed by atoms with van der Waals surface area (Å²) in [4.78, 5) is 5.40. The maximum Gasteiger partial charge on any atom is 0.202 e. The van der Waals surface area contributed by atoms with Crippen LogP contribution in [0.1, 0.15) is 23.6 Å². The molecule has 0 saturated carbocycles. The van der Waals surface area contributed by atoms with Crippen LogP contribution in [0.15, 0.2) is 34.4 Å². The molecule has 0 radical (unpaired) electrons. The lowest BCUT2D eigenvalue weighted by Crippen LogP contribution is -1.92. The van der Waals surface area contributed by atoms with Gasteiger partial charge in [-0.15, -0.1) is 11.3 Å². The summed E-state index contributed by atoms with van der Waals surface area (Å²) in [7, 11) is 0. The fourth-order valence-corrected chi connectivity index (χ4v) is 1.88. The number of rotatable bonds is 2. The maximum atomic E-state index is 5.21. The molecular formula is C9H9NOS. The molecule has 0 aliphatic rings. The van der Waals surface area contributed by atoms with Gasteiger partial charge in [-0.1, -0.05) is 6.07 Å². The molecule has 1 atom stereocenters. The van der Waals surface area contributed by atoms with Crippen LogP contribution in [0.25, 0.3) is 0 Å². The molecular weight excluding hydrogens is 170 g/mol. The second-order valence-corrected chi connectivity index (χ2v) is 3.59. The maximum absolute atomic E-state index is 5.21. The van der Waals surface area contributed by atoms with E-state index in [0.717, 1.165) is 5.89 Å². The number of hydrogen-bond acceptors (Lipinski definition) is 3. The molecule has 0 bridgehead atoms. The van der Waals surface area contributed by atoms with Crippen LogP contribution in [0.5, 0.6) is 0 Å². The van der Waals surface area contributed by atoms with Crippen molar-refractivity contribution in [3.8, 4) is 0 Å². The van der Waals surface area contributed by atoms with Crippen LogP contribution in [0, 0.1) is 0 Å². The van der Waals surface area contributed by atoms with Crippen molar-refractivity contribution in [1.29, 1.82) is 0 Å². The van der Waals surface area contributed by atoms with E-state index in [-0.39, 0.29) is 5.92 Å². The predicted octanol–water partition coefficient (Wildman–Crippen LogP) is 2.89. The molecule has 2 aromatic rings. The van der Waals surface area contributed by atoms with Crippen molar-refractivity contribution in [3.05, 3.63) is 40.7 Å². The Bertz CT molecular complexity index is 291. The third kappa shape index (κ3) is 1.28. The van der Waals surface area contributed by atoms with E-state index < -0.39 is 0 Å².